The van der Waals surface area contributed by atoms with Crippen molar-refractivity contribution in [1.82, 2.24) is 24.5 Å². The molecule has 0 aliphatic carbocycles. The maximum atomic E-state index is 13.3. The van der Waals surface area contributed by atoms with Crippen molar-refractivity contribution in [2.24, 2.45) is 0 Å². The molecule has 3 aromatic rings. The minimum Gasteiger partial charge on any atom is -0.464 e. The van der Waals surface area contributed by atoms with Crippen molar-refractivity contribution >= 4 is 39.7 Å². The van der Waals surface area contributed by atoms with Gasteiger partial charge in [0.25, 0.3) is 0 Å². The van der Waals surface area contributed by atoms with E-state index in [0.29, 0.717) is 32.3 Å². The lowest BCUT2D eigenvalue weighted by atomic mass is 9.88. The molecular weight excluding hydrogens is 681 g/mol. The number of carbonyl (C=O) groups is 2. The average molecular weight is 739 g/mol. The molecule has 2 fully saturated rings. The standard InChI is InChI=1S/C37H58N6O6Si2/c1-37(2,3)49-36(45)42-28-12-13-29(42)20-27(19-28)32-21-33(41(24-47-15-17-50(5,6)7)25-48-16-18-51(8,9)10)43-34(40-32)30(23-39-43)26-11-14-31(38-22-26)35(44)46-4/h11,14,21-23,27-29H,12-13,15-20,24-25H2,1-10H3/t27-,28+,29-. The van der Waals surface area contributed by atoms with Crippen LogP contribution in [0.25, 0.3) is 16.8 Å². The zero-order valence-electron chi connectivity index (χ0n) is 32.3. The van der Waals surface area contributed by atoms with Gasteiger partial charge in [-0.2, -0.15) is 9.61 Å². The Bertz CT molecular complexity index is 1630. The van der Waals surface area contributed by atoms with Crippen LogP contribution < -0.4 is 4.90 Å². The van der Waals surface area contributed by atoms with Gasteiger partial charge in [0, 0.05) is 76.4 Å². The van der Waals surface area contributed by atoms with Gasteiger partial charge >= 0.3 is 12.1 Å². The fraction of sp³-hybridized carbons (Fsp3) is 0.649. The van der Waals surface area contributed by atoms with E-state index in [4.69, 9.17) is 29.0 Å². The summed E-state index contributed by atoms with van der Waals surface area (Å²) in [6, 6.07) is 7.96. The van der Waals surface area contributed by atoms with Crippen LogP contribution in [-0.4, -0.2) is 104 Å². The Kier molecular flexibility index (Phi) is 12.0. The van der Waals surface area contributed by atoms with Crippen molar-refractivity contribution in [2.45, 2.75) is 121 Å². The maximum absolute atomic E-state index is 13.3. The number of hydrogen-bond acceptors (Lipinski definition) is 10. The normalized spacial score (nSPS) is 19.4. The molecule has 3 aromatic heterocycles. The summed E-state index contributed by atoms with van der Waals surface area (Å²) in [5.74, 6) is 0.480. The summed E-state index contributed by atoms with van der Waals surface area (Å²) in [4.78, 5) is 39.1. The maximum Gasteiger partial charge on any atom is 0.410 e. The van der Waals surface area contributed by atoms with Crippen molar-refractivity contribution in [1.29, 1.82) is 0 Å². The molecular formula is C37H58N6O6Si2. The molecule has 5 heterocycles. The number of rotatable bonds is 14. The van der Waals surface area contributed by atoms with Crippen LogP contribution in [0.1, 0.15) is 68.6 Å². The van der Waals surface area contributed by atoms with Gasteiger partial charge in [-0.3, -0.25) is 0 Å². The van der Waals surface area contributed by atoms with Gasteiger partial charge in [-0.05, 0) is 64.6 Å². The van der Waals surface area contributed by atoms with Crippen LogP contribution in [0.5, 0.6) is 0 Å². The van der Waals surface area contributed by atoms with Gasteiger partial charge in [-0.1, -0.05) is 45.3 Å². The number of carbonyl (C=O) groups excluding carboxylic acids is 2. The number of aromatic nitrogens is 4. The van der Waals surface area contributed by atoms with Crippen molar-refractivity contribution in [3.63, 3.8) is 0 Å². The van der Waals surface area contributed by atoms with E-state index in [-0.39, 0.29) is 29.8 Å². The second kappa shape index (κ2) is 15.7. The highest BCUT2D eigenvalue weighted by Crippen LogP contribution is 2.44. The highest BCUT2D eigenvalue weighted by atomic mass is 28.3. The Morgan fingerprint density at radius 2 is 1.53 bits per heavy atom. The Morgan fingerprint density at radius 1 is 0.922 bits per heavy atom. The first-order valence-corrected chi connectivity index (χ1v) is 25.7. The van der Waals surface area contributed by atoms with E-state index in [1.54, 1.807) is 18.5 Å². The van der Waals surface area contributed by atoms with Crippen molar-refractivity contribution in [2.75, 3.05) is 38.7 Å². The highest BCUT2D eigenvalue weighted by Gasteiger charge is 2.45. The number of hydrogen-bond donors (Lipinski definition) is 0. The monoisotopic (exact) mass is 738 g/mol. The number of ether oxygens (including phenoxy) is 4. The molecule has 280 valence electrons. The molecule has 14 heteroatoms. The van der Waals surface area contributed by atoms with Crippen molar-refractivity contribution in [3.8, 4) is 11.1 Å². The lowest BCUT2D eigenvalue weighted by Gasteiger charge is -2.39. The lowest BCUT2D eigenvalue weighted by Crippen LogP contribution is -2.48. The SMILES string of the molecule is COC(=O)c1ccc(-c2cnn3c(N(COCC[Si](C)(C)C)COCC[Si](C)(C)C)cc([C@H]4C[C@H]5CC[C@@H](C4)N5C(=O)OC(C)(C)C)nc23)cn1. The molecule has 0 N–H and O–H groups in total. The molecule has 5 rings (SSSR count). The summed E-state index contributed by atoms with van der Waals surface area (Å²) >= 11 is 0. The van der Waals surface area contributed by atoms with E-state index in [9.17, 15) is 9.59 Å². The first-order chi connectivity index (χ1) is 23.9. The molecule has 2 aliphatic rings. The van der Waals surface area contributed by atoms with Gasteiger partial charge in [-0.15, -0.1) is 0 Å². The Labute approximate surface area is 305 Å². The first-order valence-electron chi connectivity index (χ1n) is 18.3. The van der Waals surface area contributed by atoms with Crippen LogP contribution in [0.15, 0.2) is 30.6 Å². The molecule has 3 atom stereocenters. The van der Waals surface area contributed by atoms with Crippen molar-refractivity contribution < 1.29 is 28.5 Å². The molecule has 1 amide bonds. The van der Waals surface area contributed by atoms with Gasteiger partial charge in [0.15, 0.2) is 5.65 Å². The van der Waals surface area contributed by atoms with Crippen molar-refractivity contribution in [3.05, 3.63) is 42.0 Å². The average Bonchev–Trinajstić information content (AvgIpc) is 3.59. The number of amides is 1. The van der Waals surface area contributed by atoms with E-state index in [1.165, 1.54) is 7.11 Å². The summed E-state index contributed by atoms with van der Waals surface area (Å²) in [5.41, 5.74) is 2.92. The molecule has 0 radical (unpaired) electrons. The second-order valence-corrected chi connectivity index (χ2v) is 28.7. The number of esters is 1. The molecule has 2 aliphatic heterocycles. The zero-order chi connectivity index (χ0) is 37.1. The summed E-state index contributed by atoms with van der Waals surface area (Å²) in [6.07, 6.45) is 6.74. The molecule has 0 unspecified atom stereocenters. The number of methoxy groups -OCH3 is 1. The third-order valence-electron chi connectivity index (χ3n) is 9.51. The van der Waals surface area contributed by atoms with Gasteiger partial charge in [-0.25, -0.2) is 19.6 Å². The van der Waals surface area contributed by atoms with Gasteiger partial charge in [0.2, 0.25) is 0 Å². The van der Waals surface area contributed by atoms with Crippen LogP contribution in [0.3, 0.4) is 0 Å². The zero-order valence-corrected chi connectivity index (χ0v) is 34.3. The van der Waals surface area contributed by atoms with E-state index in [0.717, 1.165) is 60.4 Å². The number of fused-ring (bicyclic) bond motifs is 3. The fourth-order valence-corrected chi connectivity index (χ4v) is 8.20. The van der Waals surface area contributed by atoms with Gasteiger partial charge in [0.05, 0.1) is 13.3 Å². The fourth-order valence-electron chi connectivity index (χ4n) is 6.69. The van der Waals surface area contributed by atoms with Crippen LogP contribution in [0, 0.1) is 0 Å². The summed E-state index contributed by atoms with van der Waals surface area (Å²) in [5, 5.41) is 4.85. The van der Waals surface area contributed by atoms with E-state index < -0.39 is 27.7 Å². The van der Waals surface area contributed by atoms with Crippen LogP contribution >= 0.6 is 0 Å². The quantitative estimate of drug-likeness (QED) is 0.0706. The molecule has 2 bridgehead atoms. The molecule has 2 saturated heterocycles. The first kappa shape index (κ1) is 38.9. The highest BCUT2D eigenvalue weighted by molar-refractivity contribution is 6.76. The molecule has 0 aromatic carbocycles. The lowest BCUT2D eigenvalue weighted by molar-refractivity contribution is 0.00567. The molecule has 0 saturated carbocycles. The van der Waals surface area contributed by atoms with E-state index in [1.807, 2.05) is 36.3 Å². The third-order valence-corrected chi connectivity index (χ3v) is 12.9. The van der Waals surface area contributed by atoms with Crippen LogP contribution in [0.2, 0.25) is 51.4 Å². The summed E-state index contributed by atoms with van der Waals surface area (Å²) in [7, 11) is -1.23. The van der Waals surface area contributed by atoms with Crippen LogP contribution in [0.4, 0.5) is 10.6 Å². The smallest absolute Gasteiger partial charge is 0.410 e. The topological polar surface area (TPSA) is 121 Å². The predicted octanol–water partition coefficient (Wildman–Crippen LogP) is 7.65. The Balaban J connectivity index is 1.52. The Hall–Kier alpha value is -3.34. The second-order valence-electron chi connectivity index (χ2n) is 17.4. The van der Waals surface area contributed by atoms with Gasteiger partial charge in [0.1, 0.15) is 30.6 Å². The van der Waals surface area contributed by atoms with Crippen LogP contribution in [-0.2, 0) is 18.9 Å². The predicted molar refractivity (Wildman–Crippen MR) is 205 cm³/mol. The van der Waals surface area contributed by atoms with E-state index in [2.05, 4.69) is 55.2 Å². The summed E-state index contributed by atoms with van der Waals surface area (Å²) < 4.78 is 25.2. The molecule has 0 spiro atoms. The van der Waals surface area contributed by atoms with Gasteiger partial charge < -0.3 is 28.7 Å². The largest absolute Gasteiger partial charge is 0.464 e. The number of piperidine rings is 1. The minimum atomic E-state index is -1.29. The molecule has 51 heavy (non-hydrogen) atoms. The molecule has 12 nitrogen and oxygen atoms in total. The minimum absolute atomic E-state index is 0.0930. The summed E-state index contributed by atoms with van der Waals surface area (Å²) in [6.45, 7) is 21.9. The van der Waals surface area contributed by atoms with E-state index >= 15 is 0 Å². The number of nitrogens with zero attached hydrogens (tertiary/aromatic N) is 6. The third kappa shape index (κ3) is 10.2. The number of pyridine rings is 1. The Morgan fingerprint density at radius 3 is 2.04 bits per heavy atom. The number of anilines is 1.